The van der Waals surface area contributed by atoms with Crippen LogP contribution in [0.5, 0.6) is 0 Å². The quantitative estimate of drug-likeness (QED) is 0.419. The minimum absolute atomic E-state index is 0.197. The van der Waals surface area contributed by atoms with Crippen molar-refractivity contribution in [3.05, 3.63) is 0 Å². The van der Waals surface area contributed by atoms with Gasteiger partial charge in [-0.2, -0.15) is 0 Å². The van der Waals surface area contributed by atoms with E-state index in [1.807, 2.05) is 0 Å². The molecule has 0 heterocycles. The van der Waals surface area contributed by atoms with Crippen molar-refractivity contribution in [2.75, 3.05) is 6.61 Å². The molecule has 0 fully saturated rings. The van der Waals surface area contributed by atoms with Gasteiger partial charge in [0, 0.05) is 5.41 Å². The minimum atomic E-state index is 0.197. The predicted octanol–water partition coefficient (Wildman–Crippen LogP) is 1.93. The molecule has 0 aliphatic heterocycles. The number of nitrogens with zero attached hydrogens (tertiary/aromatic N) is 1. The fraction of sp³-hybridized carbons (Fsp3) is 0.857. The van der Waals surface area contributed by atoms with Crippen molar-refractivity contribution in [2.45, 2.75) is 27.2 Å². The van der Waals surface area contributed by atoms with Crippen molar-refractivity contribution in [2.24, 2.45) is 10.6 Å². The number of hydrogen-bond donors (Lipinski definition) is 0. The molecule has 0 aromatic heterocycles. The van der Waals surface area contributed by atoms with Crippen LogP contribution in [0.15, 0.2) is 5.16 Å². The Morgan fingerprint density at radius 1 is 1.56 bits per heavy atom. The molecule has 9 heavy (non-hydrogen) atoms. The van der Waals surface area contributed by atoms with E-state index in [0.717, 1.165) is 6.42 Å². The standard InChI is InChI=1S/C7H14NO/c1-5-7(2,3)6-9-8-4/h4H,5-6H2,1-3H3. The van der Waals surface area contributed by atoms with Crippen LogP contribution in [-0.4, -0.2) is 13.3 Å². The van der Waals surface area contributed by atoms with E-state index in [9.17, 15) is 0 Å². The Morgan fingerprint density at radius 2 is 2.11 bits per heavy atom. The van der Waals surface area contributed by atoms with Gasteiger partial charge >= 0.3 is 0 Å². The summed E-state index contributed by atoms with van der Waals surface area (Å²) in [6, 6.07) is 0. The molecule has 0 aliphatic carbocycles. The third-order valence-electron chi connectivity index (χ3n) is 1.49. The van der Waals surface area contributed by atoms with Crippen LogP contribution < -0.4 is 0 Å². The molecule has 0 aromatic carbocycles. The second-order valence-electron chi connectivity index (χ2n) is 2.90. The average molecular weight is 128 g/mol. The van der Waals surface area contributed by atoms with Gasteiger partial charge in [0.05, 0.1) is 6.72 Å². The normalized spacial score (nSPS) is 11.0. The molecular formula is C7H14NO. The second-order valence-corrected chi connectivity index (χ2v) is 2.90. The largest absolute Gasteiger partial charge is 0.395 e. The lowest BCUT2D eigenvalue weighted by molar-refractivity contribution is 0.0673. The highest BCUT2D eigenvalue weighted by Gasteiger charge is 2.14. The highest BCUT2D eigenvalue weighted by molar-refractivity contribution is 5.21. The number of hydrogen-bond acceptors (Lipinski definition) is 2. The van der Waals surface area contributed by atoms with E-state index < -0.39 is 0 Å². The molecule has 2 heteroatoms. The van der Waals surface area contributed by atoms with Crippen LogP contribution in [0.2, 0.25) is 0 Å². The Hall–Kier alpha value is -0.530. The highest BCUT2D eigenvalue weighted by atomic mass is 16.6. The van der Waals surface area contributed by atoms with Crippen molar-refractivity contribution < 1.29 is 4.84 Å². The molecule has 0 saturated carbocycles. The van der Waals surface area contributed by atoms with Crippen LogP contribution in [0.4, 0.5) is 0 Å². The molecule has 0 bridgehead atoms. The molecule has 0 unspecified atom stereocenters. The van der Waals surface area contributed by atoms with Crippen LogP contribution >= 0.6 is 0 Å². The van der Waals surface area contributed by atoms with Crippen LogP contribution in [0, 0.1) is 5.41 Å². The van der Waals surface area contributed by atoms with E-state index in [1.54, 1.807) is 0 Å². The van der Waals surface area contributed by atoms with Gasteiger partial charge in [-0.05, 0) is 6.42 Å². The molecule has 0 saturated heterocycles. The Kier molecular flexibility index (Phi) is 3.28. The minimum Gasteiger partial charge on any atom is -0.395 e. The maximum Gasteiger partial charge on any atom is 0.122 e. The van der Waals surface area contributed by atoms with E-state index in [1.165, 1.54) is 0 Å². The van der Waals surface area contributed by atoms with Gasteiger partial charge in [-0.15, -0.1) is 0 Å². The van der Waals surface area contributed by atoms with E-state index >= 15 is 0 Å². The summed E-state index contributed by atoms with van der Waals surface area (Å²) in [5.41, 5.74) is 0.197. The van der Waals surface area contributed by atoms with E-state index in [-0.39, 0.29) is 5.41 Å². The molecule has 0 amide bonds. The summed E-state index contributed by atoms with van der Waals surface area (Å²) >= 11 is 0. The van der Waals surface area contributed by atoms with Gasteiger partial charge in [0.15, 0.2) is 0 Å². The van der Waals surface area contributed by atoms with Gasteiger partial charge < -0.3 is 4.84 Å². The Bertz CT molecular complexity index is 88.9. The Labute approximate surface area is 56.9 Å². The Balaban J connectivity index is 3.44. The smallest absolute Gasteiger partial charge is 0.122 e. The lowest BCUT2D eigenvalue weighted by Crippen LogP contribution is -2.16. The summed E-state index contributed by atoms with van der Waals surface area (Å²) in [6.45, 7) is 11.7. The van der Waals surface area contributed by atoms with Crippen molar-refractivity contribution in [3.8, 4) is 0 Å². The fourth-order valence-electron chi connectivity index (χ4n) is 0.314. The molecule has 0 aliphatic rings. The zero-order chi connectivity index (χ0) is 7.33. The predicted molar refractivity (Wildman–Crippen MR) is 38.5 cm³/mol. The first-order valence-corrected chi connectivity index (χ1v) is 3.14. The van der Waals surface area contributed by atoms with E-state index in [4.69, 9.17) is 11.6 Å². The second kappa shape index (κ2) is 3.49. The molecular weight excluding hydrogens is 114 g/mol. The van der Waals surface area contributed by atoms with Gasteiger partial charge in [-0.1, -0.05) is 25.9 Å². The summed E-state index contributed by atoms with van der Waals surface area (Å²) in [4.78, 5) is 4.69. The molecule has 0 rings (SSSR count). The molecule has 0 N–H and O–H groups in total. The Morgan fingerprint density at radius 3 is 2.44 bits per heavy atom. The van der Waals surface area contributed by atoms with Gasteiger partial charge in [-0.3, -0.25) is 0 Å². The summed E-state index contributed by atoms with van der Waals surface area (Å²) in [7, 11) is 0. The summed E-state index contributed by atoms with van der Waals surface area (Å²) in [6.07, 6.45) is 1.07. The summed E-state index contributed by atoms with van der Waals surface area (Å²) in [5, 5.41) is 3.07. The molecule has 0 aromatic rings. The third kappa shape index (κ3) is 4.01. The molecule has 1 radical (unpaired) electrons. The first-order chi connectivity index (χ1) is 4.12. The van der Waals surface area contributed by atoms with Crippen molar-refractivity contribution in [1.82, 2.24) is 0 Å². The lowest BCUT2D eigenvalue weighted by Gasteiger charge is -2.19. The molecule has 2 nitrogen and oxygen atoms in total. The maximum atomic E-state index is 4.79. The maximum absolute atomic E-state index is 4.79. The first kappa shape index (κ1) is 8.47. The number of rotatable bonds is 4. The average Bonchev–Trinajstić information content (AvgIpc) is 1.84. The van der Waals surface area contributed by atoms with Gasteiger partial charge in [0.1, 0.15) is 6.61 Å². The van der Waals surface area contributed by atoms with Crippen molar-refractivity contribution in [1.29, 1.82) is 0 Å². The van der Waals surface area contributed by atoms with Crippen LogP contribution in [0.1, 0.15) is 27.2 Å². The molecule has 53 valence electrons. The van der Waals surface area contributed by atoms with Gasteiger partial charge in [-0.25, -0.2) is 0 Å². The highest BCUT2D eigenvalue weighted by Crippen LogP contribution is 2.19. The van der Waals surface area contributed by atoms with Gasteiger partial charge in [0.2, 0.25) is 0 Å². The van der Waals surface area contributed by atoms with Crippen molar-refractivity contribution >= 4 is 6.72 Å². The van der Waals surface area contributed by atoms with E-state index in [0.29, 0.717) is 6.61 Å². The first-order valence-electron chi connectivity index (χ1n) is 3.14. The van der Waals surface area contributed by atoms with Crippen LogP contribution in [0.3, 0.4) is 0 Å². The molecule has 0 atom stereocenters. The molecule has 0 spiro atoms. The third-order valence-corrected chi connectivity index (χ3v) is 1.49. The summed E-state index contributed by atoms with van der Waals surface area (Å²) < 4.78 is 0. The lowest BCUT2D eigenvalue weighted by atomic mass is 9.92. The fourth-order valence-corrected chi connectivity index (χ4v) is 0.314. The van der Waals surface area contributed by atoms with Gasteiger partial charge in [0.25, 0.3) is 0 Å². The van der Waals surface area contributed by atoms with Crippen LogP contribution in [0.25, 0.3) is 0 Å². The zero-order valence-electron chi connectivity index (χ0n) is 6.35. The zero-order valence-corrected chi connectivity index (χ0v) is 6.35. The summed E-state index contributed by atoms with van der Waals surface area (Å²) in [5.74, 6) is 0. The monoisotopic (exact) mass is 128 g/mol. The SMILES string of the molecule is [CH]=NOCC(C)(C)CC. The van der Waals surface area contributed by atoms with Crippen LogP contribution in [-0.2, 0) is 4.84 Å². The topological polar surface area (TPSA) is 21.6 Å². The van der Waals surface area contributed by atoms with Crippen molar-refractivity contribution in [3.63, 3.8) is 0 Å². The van der Waals surface area contributed by atoms with E-state index in [2.05, 4.69) is 25.9 Å².